The van der Waals surface area contributed by atoms with E-state index in [0.717, 1.165) is 16.5 Å². The molecule has 0 bridgehead atoms. The third kappa shape index (κ3) is 4.70. The molecule has 8 heteroatoms. The van der Waals surface area contributed by atoms with Crippen molar-refractivity contribution in [1.29, 1.82) is 0 Å². The highest BCUT2D eigenvalue weighted by atomic mass is 32.1. The first kappa shape index (κ1) is 21.7. The largest absolute Gasteiger partial charge is 0.493 e. The van der Waals surface area contributed by atoms with E-state index in [1.807, 2.05) is 36.6 Å². The average Bonchev–Trinajstić information content (AvgIpc) is 3.28. The van der Waals surface area contributed by atoms with Crippen molar-refractivity contribution in [2.45, 2.75) is 13.3 Å². The van der Waals surface area contributed by atoms with Gasteiger partial charge in [0.25, 0.3) is 5.91 Å². The Morgan fingerprint density at radius 2 is 2.03 bits per heavy atom. The first-order valence-electron chi connectivity index (χ1n) is 10.3. The Balaban J connectivity index is 1.48. The number of rotatable bonds is 8. The zero-order valence-corrected chi connectivity index (χ0v) is 18.6. The van der Waals surface area contributed by atoms with Gasteiger partial charge in [0.1, 0.15) is 23.7 Å². The number of fused-ring (bicyclic) bond motifs is 1. The van der Waals surface area contributed by atoms with Gasteiger partial charge in [-0.3, -0.25) is 4.79 Å². The summed E-state index contributed by atoms with van der Waals surface area (Å²) < 4.78 is 20.5. The molecule has 0 aliphatic heterocycles. The van der Waals surface area contributed by atoms with E-state index in [1.165, 1.54) is 17.7 Å². The van der Waals surface area contributed by atoms with E-state index >= 15 is 0 Å². The molecule has 0 atom stereocenters. The summed E-state index contributed by atoms with van der Waals surface area (Å²) in [7, 11) is 1.58. The van der Waals surface area contributed by atoms with Crippen LogP contribution in [-0.2, 0) is 6.42 Å². The molecule has 4 rings (SSSR count). The van der Waals surface area contributed by atoms with Gasteiger partial charge in [-0.05, 0) is 53.9 Å². The molecule has 6 nitrogen and oxygen atoms in total. The number of amides is 1. The molecule has 4 aromatic rings. The first-order valence-corrected chi connectivity index (χ1v) is 11.2. The number of ether oxygens (including phenoxy) is 1. The van der Waals surface area contributed by atoms with E-state index in [-0.39, 0.29) is 11.7 Å². The number of aromatic nitrogens is 2. The summed E-state index contributed by atoms with van der Waals surface area (Å²) in [6.07, 6.45) is 2.15. The van der Waals surface area contributed by atoms with Crippen LogP contribution >= 0.6 is 11.3 Å². The second-order valence-corrected chi connectivity index (χ2v) is 8.02. The van der Waals surface area contributed by atoms with Gasteiger partial charge in [0.05, 0.1) is 22.6 Å². The third-order valence-electron chi connectivity index (χ3n) is 5.00. The molecule has 0 unspecified atom stereocenters. The monoisotopic (exact) mass is 450 g/mol. The number of hydrogen-bond donors (Lipinski definition) is 2. The lowest BCUT2D eigenvalue weighted by Gasteiger charge is -2.12. The standard InChI is InChI=1S/C24H23FN4O2S/c1-3-31-21-12-16(4-5-18(21)24(30)26-2)20-13-22(29-14-28-20)27-8-6-15-10-17-7-9-32-23(17)19(25)11-15/h4-5,7,9-14H,3,6,8H2,1-2H3,(H,26,30)(H,27,28,29). The van der Waals surface area contributed by atoms with Gasteiger partial charge in [0.15, 0.2) is 0 Å². The molecule has 1 amide bonds. The number of carbonyl (C=O) groups excluding carboxylic acids is 1. The summed E-state index contributed by atoms with van der Waals surface area (Å²) in [5.74, 6) is 0.785. The molecule has 0 saturated heterocycles. The van der Waals surface area contributed by atoms with E-state index in [2.05, 4.69) is 20.6 Å². The van der Waals surface area contributed by atoms with Crippen LogP contribution in [0.3, 0.4) is 0 Å². The minimum atomic E-state index is -0.206. The summed E-state index contributed by atoms with van der Waals surface area (Å²) in [5.41, 5.74) is 2.93. The van der Waals surface area contributed by atoms with Crippen molar-refractivity contribution in [1.82, 2.24) is 15.3 Å². The molecular formula is C24H23FN4O2S. The fourth-order valence-corrected chi connectivity index (χ4v) is 4.25. The van der Waals surface area contributed by atoms with Gasteiger partial charge in [0.2, 0.25) is 0 Å². The summed E-state index contributed by atoms with van der Waals surface area (Å²) in [6, 6.07) is 12.7. The second-order valence-electron chi connectivity index (χ2n) is 7.10. The normalized spacial score (nSPS) is 10.8. The topological polar surface area (TPSA) is 76.1 Å². The minimum Gasteiger partial charge on any atom is -0.493 e. The number of nitrogens with zero attached hydrogens (tertiary/aromatic N) is 2. The fourth-order valence-electron chi connectivity index (χ4n) is 3.47. The zero-order valence-electron chi connectivity index (χ0n) is 17.8. The van der Waals surface area contributed by atoms with E-state index in [0.29, 0.717) is 47.1 Å². The van der Waals surface area contributed by atoms with Crippen molar-refractivity contribution < 1.29 is 13.9 Å². The van der Waals surface area contributed by atoms with Crippen LogP contribution < -0.4 is 15.4 Å². The molecule has 0 aliphatic rings. The Kier molecular flexibility index (Phi) is 6.61. The maximum atomic E-state index is 14.2. The van der Waals surface area contributed by atoms with E-state index in [1.54, 1.807) is 25.2 Å². The van der Waals surface area contributed by atoms with E-state index in [4.69, 9.17) is 4.74 Å². The predicted molar refractivity (Wildman–Crippen MR) is 126 cm³/mol. The van der Waals surface area contributed by atoms with Crippen molar-refractivity contribution in [3.05, 3.63) is 71.1 Å². The number of halogens is 1. The molecule has 0 aliphatic carbocycles. The molecule has 2 aromatic heterocycles. The third-order valence-corrected chi connectivity index (χ3v) is 5.94. The molecule has 0 fully saturated rings. The highest BCUT2D eigenvalue weighted by Gasteiger charge is 2.13. The summed E-state index contributed by atoms with van der Waals surface area (Å²) in [4.78, 5) is 20.7. The van der Waals surface area contributed by atoms with Crippen LogP contribution in [0.2, 0.25) is 0 Å². The van der Waals surface area contributed by atoms with Crippen molar-refractivity contribution >= 4 is 33.1 Å². The van der Waals surface area contributed by atoms with Gasteiger partial charge >= 0.3 is 0 Å². The van der Waals surface area contributed by atoms with E-state index in [9.17, 15) is 9.18 Å². The number of benzene rings is 2. The minimum absolute atomic E-state index is 0.179. The number of carbonyl (C=O) groups is 1. The number of hydrogen-bond acceptors (Lipinski definition) is 6. The molecule has 0 spiro atoms. The Bertz CT molecular complexity index is 1260. The van der Waals surface area contributed by atoms with Crippen LogP contribution in [0.5, 0.6) is 5.75 Å². The van der Waals surface area contributed by atoms with Gasteiger partial charge in [0, 0.05) is 25.2 Å². The quantitative estimate of drug-likeness (QED) is 0.399. The molecule has 2 N–H and O–H groups in total. The van der Waals surface area contributed by atoms with Crippen LogP contribution in [-0.4, -0.2) is 36.1 Å². The highest BCUT2D eigenvalue weighted by Crippen LogP contribution is 2.28. The SMILES string of the molecule is CCOc1cc(-c2cc(NCCc3cc(F)c4sccc4c3)ncn2)ccc1C(=O)NC. The van der Waals surface area contributed by atoms with Crippen LogP contribution in [0.4, 0.5) is 10.2 Å². The number of nitrogens with one attached hydrogen (secondary N) is 2. The Labute approximate surface area is 189 Å². The summed E-state index contributed by atoms with van der Waals surface area (Å²) in [6.45, 7) is 2.92. The zero-order chi connectivity index (χ0) is 22.5. The smallest absolute Gasteiger partial charge is 0.254 e. The summed E-state index contributed by atoms with van der Waals surface area (Å²) in [5, 5.41) is 8.73. The van der Waals surface area contributed by atoms with Crippen molar-refractivity contribution in [3.63, 3.8) is 0 Å². The lowest BCUT2D eigenvalue weighted by molar-refractivity contribution is 0.0959. The highest BCUT2D eigenvalue weighted by molar-refractivity contribution is 7.17. The number of thiophene rings is 1. The fraction of sp³-hybridized carbons (Fsp3) is 0.208. The average molecular weight is 451 g/mol. The maximum Gasteiger partial charge on any atom is 0.254 e. The molecule has 0 radical (unpaired) electrons. The molecular weight excluding hydrogens is 427 g/mol. The summed E-state index contributed by atoms with van der Waals surface area (Å²) >= 11 is 1.41. The van der Waals surface area contributed by atoms with Gasteiger partial charge in [-0.1, -0.05) is 12.1 Å². The lowest BCUT2D eigenvalue weighted by atomic mass is 10.1. The van der Waals surface area contributed by atoms with Crippen LogP contribution in [0.25, 0.3) is 21.3 Å². The molecule has 0 saturated carbocycles. The Morgan fingerprint density at radius 3 is 2.84 bits per heavy atom. The Hall–Kier alpha value is -3.52. The van der Waals surface area contributed by atoms with E-state index < -0.39 is 0 Å². The van der Waals surface area contributed by atoms with Gasteiger partial charge in [-0.2, -0.15) is 0 Å². The number of anilines is 1. The second kappa shape index (κ2) is 9.74. The van der Waals surface area contributed by atoms with Gasteiger partial charge in [-0.25, -0.2) is 14.4 Å². The van der Waals surface area contributed by atoms with Gasteiger partial charge < -0.3 is 15.4 Å². The molecule has 2 aromatic carbocycles. The molecule has 164 valence electrons. The van der Waals surface area contributed by atoms with Crippen molar-refractivity contribution in [2.75, 3.05) is 25.5 Å². The molecule has 2 heterocycles. The first-order chi connectivity index (χ1) is 15.6. The van der Waals surface area contributed by atoms with Crippen LogP contribution in [0.15, 0.2) is 54.2 Å². The van der Waals surface area contributed by atoms with Crippen molar-refractivity contribution in [3.8, 4) is 17.0 Å². The van der Waals surface area contributed by atoms with Crippen molar-refractivity contribution in [2.24, 2.45) is 0 Å². The molecule has 32 heavy (non-hydrogen) atoms. The maximum absolute atomic E-state index is 14.2. The van der Waals surface area contributed by atoms with Crippen LogP contribution in [0, 0.1) is 5.82 Å². The van der Waals surface area contributed by atoms with Crippen LogP contribution in [0.1, 0.15) is 22.8 Å². The Morgan fingerprint density at radius 1 is 1.16 bits per heavy atom. The predicted octanol–water partition coefficient (Wildman–Crippen LogP) is 4.91. The van der Waals surface area contributed by atoms with Gasteiger partial charge in [-0.15, -0.1) is 11.3 Å². The lowest BCUT2D eigenvalue weighted by Crippen LogP contribution is -2.19.